The topological polar surface area (TPSA) is 66.0 Å². The third-order valence-corrected chi connectivity index (χ3v) is 4.66. The number of benzene rings is 1. The lowest BCUT2D eigenvalue weighted by atomic mass is 10.1. The van der Waals surface area contributed by atoms with Gasteiger partial charge in [0.25, 0.3) is 0 Å². The molecule has 3 rings (SSSR count). The molecule has 1 aromatic carbocycles. The lowest BCUT2D eigenvalue weighted by Gasteiger charge is -2.28. The molecule has 2 aliphatic rings. The van der Waals surface area contributed by atoms with Crippen LogP contribution in [0.5, 0.6) is 5.75 Å². The van der Waals surface area contributed by atoms with Crippen LogP contribution in [-0.2, 0) is 4.74 Å². The summed E-state index contributed by atoms with van der Waals surface area (Å²) in [7, 11) is 0. The molecular formula is C18H26ClN3O3. The van der Waals surface area contributed by atoms with Crippen molar-refractivity contribution in [2.75, 3.05) is 44.8 Å². The van der Waals surface area contributed by atoms with Crippen LogP contribution in [0.25, 0.3) is 5.76 Å². The Kier molecular flexibility index (Phi) is 6.06. The number of halogens is 1. The Morgan fingerprint density at radius 3 is 2.88 bits per heavy atom. The average Bonchev–Trinajstić information content (AvgIpc) is 2.58. The van der Waals surface area contributed by atoms with Crippen LogP contribution in [-0.4, -0.2) is 61.7 Å². The Morgan fingerprint density at radius 1 is 1.40 bits per heavy atom. The largest absolute Gasteiger partial charge is 0.507 e. The quantitative estimate of drug-likeness (QED) is 0.718. The smallest absolute Gasteiger partial charge is 0.140 e. The molecule has 1 unspecified atom stereocenters. The molecule has 138 valence electrons. The molecule has 0 saturated carbocycles. The van der Waals surface area contributed by atoms with Gasteiger partial charge in [0.05, 0.1) is 18.9 Å². The Bertz CT molecular complexity index is 630. The molecule has 0 aliphatic carbocycles. The summed E-state index contributed by atoms with van der Waals surface area (Å²) < 4.78 is 11.2. The summed E-state index contributed by atoms with van der Waals surface area (Å²) in [6, 6.07) is 3.91. The zero-order valence-corrected chi connectivity index (χ0v) is 15.5. The molecule has 1 fully saturated rings. The first-order valence-corrected chi connectivity index (χ1v) is 9.11. The van der Waals surface area contributed by atoms with E-state index in [9.17, 15) is 5.11 Å². The van der Waals surface area contributed by atoms with Gasteiger partial charge in [0.1, 0.15) is 29.3 Å². The standard InChI is InChI=1S/C18H26ClN3O3/c1-12(2)20-16-11-14(23)13-3-4-15(17(19)18(13)21-16)25-10-7-22-5-8-24-9-6-22/h3-4,11-12,16,20-21,23H,5-10H2,1-2H3. The van der Waals surface area contributed by atoms with Crippen molar-refractivity contribution in [3.8, 4) is 5.75 Å². The van der Waals surface area contributed by atoms with Crippen molar-refractivity contribution < 1.29 is 14.6 Å². The summed E-state index contributed by atoms with van der Waals surface area (Å²) in [4.78, 5) is 2.31. The molecule has 0 amide bonds. The number of hydrogen-bond donors (Lipinski definition) is 3. The van der Waals surface area contributed by atoms with Crippen LogP contribution in [0.15, 0.2) is 18.2 Å². The van der Waals surface area contributed by atoms with Gasteiger partial charge in [0.15, 0.2) is 0 Å². The van der Waals surface area contributed by atoms with Crippen LogP contribution in [0.1, 0.15) is 19.4 Å². The molecule has 3 N–H and O–H groups in total. The number of aliphatic hydroxyl groups excluding tert-OH is 1. The minimum Gasteiger partial charge on any atom is -0.507 e. The highest BCUT2D eigenvalue weighted by Crippen LogP contribution is 2.40. The summed E-state index contributed by atoms with van der Waals surface area (Å²) in [6.07, 6.45) is 1.58. The zero-order chi connectivity index (χ0) is 17.8. The highest BCUT2D eigenvalue weighted by atomic mass is 35.5. The summed E-state index contributed by atoms with van der Waals surface area (Å²) in [6.45, 7) is 8.93. The molecule has 2 heterocycles. The van der Waals surface area contributed by atoms with Crippen molar-refractivity contribution in [3.63, 3.8) is 0 Å². The Labute approximate surface area is 153 Å². The van der Waals surface area contributed by atoms with Crippen molar-refractivity contribution >= 4 is 23.0 Å². The molecular weight excluding hydrogens is 342 g/mol. The van der Waals surface area contributed by atoms with Gasteiger partial charge in [-0.1, -0.05) is 11.6 Å². The van der Waals surface area contributed by atoms with E-state index in [4.69, 9.17) is 21.1 Å². The second-order valence-corrected chi connectivity index (χ2v) is 6.98. The molecule has 7 heteroatoms. The maximum absolute atomic E-state index is 10.3. The van der Waals surface area contributed by atoms with E-state index in [0.29, 0.717) is 28.6 Å². The van der Waals surface area contributed by atoms with Gasteiger partial charge in [-0.2, -0.15) is 0 Å². The maximum atomic E-state index is 10.3. The zero-order valence-electron chi connectivity index (χ0n) is 14.7. The number of aliphatic hydroxyl groups is 1. The number of hydrogen-bond acceptors (Lipinski definition) is 6. The fourth-order valence-electron chi connectivity index (χ4n) is 3.03. The lowest BCUT2D eigenvalue weighted by Crippen LogP contribution is -2.41. The molecule has 25 heavy (non-hydrogen) atoms. The van der Waals surface area contributed by atoms with Crippen LogP contribution in [0.3, 0.4) is 0 Å². The van der Waals surface area contributed by atoms with E-state index in [-0.39, 0.29) is 18.0 Å². The second-order valence-electron chi connectivity index (χ2n) is 6.60. The molecule has 1 aromatic rings. The Hall–Kier alpha value is -1.47. The number of rotatable bonds is 6. The average molecular weight is 368 g/mol. The predicted molar refractivity (Wildman–Crippen MR) is 100 cm³/mol. The van der Waals surface area contributed by atoms with Gasteiger partial charge in [-0.3, -0.25) is 10.2 Å². The van der Waals surface area contributed by atoms with Gasteiger partial charge in [0, 0.05) is 31.2 Å². The highest BCUT2D eigenvalue weighted by Gasteiger charge is 2.23. The minimum absolute atomic E-state index is 0.173. The Balaban J connectivity index is 1.66. The first-order valence-electron chi connectivity index (χ1n) is 8.73. The number of nitrogens with one attached hydrogen (secondary N) is 2. The molecule has 1 atom stereocenters. The van der Waals surface area contributed by atoms with Crippen molar-refractivity contribution in [3.05, 3.63) is 28.8 Å². The highest BCUT2D eigenvalue weighted by molar-refractivity contribution is 6.35. The van der Waals surface area contributed by atoms with Crippen LogP contribution in [0.2, 0.25) is 5.02 Å². The van der Waals surface area contributed by atoms with Crippen molar-refractivity contribution in [1.29, 1.82) is 0 Å². The number of nitrogens with zero attached hydrogens (tertiary/aromatic N) is 1. The summed E-state index contributed by atoms with van der Waals surface area (Å²) in [5, 5.41) is 17.4. The van der Waals surface area contributed by atoms with Crippen LogP contribution in [0.4, 0.5) is 5.69 Å². The van der Waals surface area contributed by atoms with E-state index in [1.807, 2.05) is 12.1 Å². The van der Waals surface area contributed by atoms with E-state index in [1.165, 1.54) is 0 Å². The maximum Gasteiger partial charge on any atom is 0.140 e. The van der Waals surface area contributed by atoms with Gasteiger partial charge in [-0.15, -0.1) is 0 Å². The minimum atomic E-state index is -0.173. The fraction of sp³-hybridized carbons (Fsp3) is 0.556. The van der Waals surface area contributed by atoms with Gasteiger partial charge in [-0.05, 0) is 32.1 Å². The van der Waals surface area contributed by atoms with Crippen LogP contribution < -0.4 is 15.4 Å². The van der Waals surface area contributed by atoms with E-state index in [2.05, 4.69) is 29.4 Å². The third-order valence-electron chi connectivity index (χ3n) is 4.29. The van der Waals surface area contributed by atoms with Gasteiger partial charge in [-0.25, -0.2) is 0 Å². The van der Waals surface area contributed by atoms with E-state index in [1.54, 1.807) is 6.08 Å². The second kappa shape index (κ2) is 8.27. The molecule has 6 nitrogen and oxygen atoms in total. The lowest BCUT2D eigenvalue weighted by molar-refractivity contribution is 0.0322. The first kappa shape index (κ1) is 18.3. The monoisotopic (exact) mass is 367 g/mol. The predicted octanol–water partition coefficient (Wildman–Crippen LogP) is 2.70. The van der Waals surface area contributed by atoms with E-state index >= 15 is 0 Å². The van der Waals surface area contributed by atoms with Crippen molar-refractivity contribution in [2.45, 2.75) is 26.1 Å². The molecule has 0 bridgehead atoms. The molecule has 0 spiro atoms. The summed E-state index contributed by atoms with van der Waals surface area (Å²) in [5.41, 5.74) is 1.39. The first-order chi connectivity index (χ1) is 12.0. The number of morpholine rings is 1. The SMILES string of the molecule is CC(C)NC1C=C(O)c2ccc(OCCN3CCOCC3)c(Cl)c2N1. The molecule has 1 saturated heterocycles. The van der Waals surface area contributed by atoms with Gasteiger partial charge in [0.2, 0.25) is 0 Å². The normalized spacial score (nSPS) is 20.8. The summed E-state index contributed by atoms with van der Waals surface area (Å²) in [5.74, 6) is 0.841. The van der Waals surface area contributed by atoms with Crippen molar-refractivity contribution in [2.24, 2.45) is 0 Å². The van der Waals surface area contributed by atoms with Gasteiger partial charge >= 0.3 is 0 Å². The number of ether oxygens (including phenoxy) is 2. The van der Waals surface area contributed by atoms with E-state index < -0.39 is 0 Å². The number of anilines is 1. The molecule has 2 aliphatic heterocycles. The molecule has 0 radical (unpaired) electrons. The van der Waals surface area contributed by atoms with Gasteiger partial charge < -0.3 is 19.9 Å². The van der Waals surface area contributed by atoms with Crippen LogP contribution in [0, 0.1) is 0 Å². The molecule has 0 aromatic heterocycles. The van der Waals surface area contributed by atoms with Crippen LogP contribution >= 0.6 is 11.6 Å². The van der Waals surface area contributed by atoms with Crippen molar-refractivity contribution in [1.82, 2.24) is 10.2 Å². The Morgan fingerprint density at radius 2 is 2.16 bits per heavy atom. The number of fused-ring (bicyclic) bond motifs is 1. The van der Waals surface area contributed by atoms with E-state index in [0.717, 1.165) is 32.8 Å². The fourth-order valence-corrected chi connectivity index (χ4v) is 3.30. The third kappa shape index (κ3) is 4.58. The summed E-state index contributed by atoms with van der Waals surface area (Å²) >= 11 is 6.53.